The van der Waals surface area contributed by atoms with Gasteiger partial charge in [-0.1, -0.05) is 67.2 Å². The van der Waals surface area contributed by atoms with E-state index in [4.69, 9.17) is 4.74 Å². The molecule has 0 aromatic carbocycles. The molecule has 0 spiro atoms. The first-order valence-electron chi connectivity index (χ1n) is 13.4. The van der Waals surface area contributed by atoms with Crippen LogP contribution < -0.4 is 0 Å². The summed E-state index contributed by atoms with van der Waals surface area (Å²) in [6.45, 7) is 17.9. The summed E-state index contributed by atoms with van der Waals surface area (Å²) < 4.78 is 8.12. The minimum atomic E-state index is -0.361. The van der Waals surface area contributed by atoms with Gasteiger partial charge in [0.2, 0.25) is 0 Å². The Morgan fingerprint density at radius 2 is 0.969 bits per heavy atom. The summed E-state index contributed by atoms with van der Waals surface area (Å²) in [5.41, 5.74) is 0.701. The fraction of sp³-hybridized carbons (Fsp3) is 0.929. The van der Waals surface area contributed by atoms with Crippen molar-refractivity contribution in [3.05, 3.63) is 0 Å². The number of carbonyl (C=O) groups excluding carboxylic acids is 2. The van der Waals surface area contributed by atoms with E-state index in [0.29, 0.717) is 23.7 Å². The van der Waals surface area contributed by atoms with Gasteiger partial charge in [-0.2, -0.15) is 0 Å². The third-order valence-corrected chi connectivity index (χ3v) is 9.29. The molecule has 32 heavy (non-hydrogen) atoms. The van der Waals surface area contributed by atoms with E-state index in [0.717, 1.165) is 51.4 Å². The molecule has 0 unspecified atom stereocenters. The molecule has 2 radical (unpaired) electrons. The van der Waals surface area contributed by atoms with Crippen LogP contribution in [0.1, 0.15) is 145 Å². The summed E-state index contributed by atoms with van der Waals surface area (Å²) in [7, 11) is 0. The number of esters is 2. The van der Waals surface area contributed by atoms with Crippen molar-refractivity contribution in [3.63, 3.8) is 0 Å². The number of carbonyl (C=O) groups is 2. The number of ether oxygens (including phenoxy) is 1. The van der Waals surface area contributed by atoms with Gasteiger partial charge >= 0.3 is 81.5 Å². The molecular weight excluding hydrogens is 503 g/mol. The van der Waals surface area contributed by atoms with Crippen LogP contribution in [0.25, 0.3) is 0 Å². The first-order chi connectivity index (χ1) is 14.9. The maximum atomic E-state index is 11.6. The Hall–Kier alpha value is -0.0613. The second kappa shape index (κ2) is 21.5. The van der Waals surface area contributed by atoms with Crippen LogP contribution in [-0.2, 0) is 14.3 Å². The van der Waals surface area contributed by atoms with Gasteiger partial charge in [-0.15, -0.1) is 0 Å². The third kappa shape index (κ3) is 32.1. The molecule has 0 atom stereocenters. The quantitative estimate of drug-likeness (QED) is 0.0820. The van der Waals surface area contributed by atoms with E-state index in [1.54, 1.807) is 8.87 Å². The van der Waals surface area contributed by atoms with Crippen LogP contribution in [0.4, 0.5) is 0 Å². The van der Waals surface area contributed by atoms with E-state index < -0.39 is 0 Å². The predicted octanol–water partition coefficient (Wildman–Crippen LogP) is 9.18. The molecule has 0 aromatic rings. The van der Waals surface area contributed by atoms with Gasteiger partial charge < -0.3 is 4.74 Å². The van der Waals surface area contributed by atoms with E-state index >= 15 is 0 Å². The molecule has 0 aliphatic rings. The molecule has 0 heterocycles. The van der Waals surface area contributed by atoms with Crippen molar-refractivity contribution in [2.45, 2.75) is 154 Å². The second-order valence-electron chi connectivity index (χ2n) is 11.5. The van der Waals surface area contributed by atoms with Crippen LogP contribution in [0.5, 0.6) is 0 Å². The number of unbranched alkanes of at least 4 members (excludes halogenated alkanes) is 6. The molecule has 0 rings (SSSR count). The molecule has 0 aliphatic carbocycles. The van der Waals surface area contributed by atoms with Gasteiger partial charge in [0.05, 0.1) is 0 Å². The van der Waals surface area contributed by atoms with Crippen molar-refractivity contribution in [2.75, 3.05) is 0 Å². The SMILES string of the molecule is CC(C)(C)CCCCCC(=O)OC(=O)CCCCCC(C)(C)C.CCC[CH2][Sn][CH2]CCC. The molecule has 0 aliphatic heterocycles. The van der Waals surface area contributed by atoms with Crippen LogP contribution in [-0.4, -0.2) is 33.1 Å². The molecular formula is C28H56O3Sn. The van der Waals surface area contributed by atoms with Crippen molar-refractivity contribution in [1.82, 2.24) is 0 Å². The van der Waals surface area contributed by atoms with E-state index in [9.17, 15) is 9.59 Å². The maximum absolute atomic E-state index is 11.6. The van der Waals surface area contributed by atoms with Gasteiger partial charge in [0, 0.05) is 12.8 Å². The molecule has 0 saturated carbocycles. The topological polar surface area (TPSA) is 43.4 Å². The Bertz CT molecular complexity index is 407. The number of rotatable bonds is 16. The Morgan fingerprint density at radius 3 is 1.28 bits per heavy atom. The van der Waals surface area contributed by atoms with Gasteiger partial charge in [0.25, 0.3) is 0 Å². The zero-order chi connectivity index (χ0) is 24.9. The average molecular weight is 559 g/mol. The average Bonchev–Trinajstić information content (AvgIpc) is 2.66. The van der Waals surface area contributed by atoms with Crippen LogP contribution in [0.15, 0.2) is 0 Å². The minimum absolute atomic E-state index is 0.149. The summed E-state index contributed by atoms with van der Waals surface area (Å²) in [4.78, 5) is 23.2. The zero-order valence-electron chi connectivity index (χ0n) is 23.0. The molecule has 0 aromatic heterocycles. The number of hydrogen-bond donors (Lipinski definition) is 0. The van der Waals surface area contributed by atoms with Gasteiger partial charge in [-0.3, -0.25) is 9.59 Å². The van der Waals surface area contributed by atoms with Gasteiger partial charge in [0.1, 0.15) is 0 Å². The van der Waals surface area contributed by atoms with Crippen molar-refractivity contribution < 1.29 is 14.3 Å². The third-order valence-electron chi connectivity index (χ3n) is 5.26. The Labute approximate surface area is 211 Å². The monoisotopic (exact) mass is 560 g/mol. The Morgan fingerprint density at radius 1 is 0.594 bits per heavy atom. The van der Waals surface area contributed by atoms with Crippen LogP contribution in [0, 0.1) is 10.8 Å². The van der Waals surface area contributed by atoms with E-state index in [1.807, 2.05) is 0 Å². The van der Waals surface area contributed by atoms with Crippen LogP contribution in [0.2, 0.25) is 8.87 Å². The Kier molecular flexibility index (Phi) is 22.9. The molecule has 3 nitrogen and oxygen atoms in total. The zero-order valence-corrected chi connectivity index (χ0v) is 25.9. The fourth-order valence-electron chi connectivity index (χ4n) is 3.16. The molecule has 0 fully saturated rings. The van der Waals surface area contributed by atoms with E-state index in [1.165, 1.54) is 25.7 Å². The molecule has 0 saturated heterocycles. The van der Waals surface area contributed by atoms with E-state index in [-0.39, 0.29) is 33.1 Å². The summed E-state index contributed by atoms with van der Waals surface area (Å²) in [5, 5.41) is 0. The summed E-state index contributed by atoms with van der Waals surface area (Å²) in [6, 6.07) is 0. The number of hydrogen-bond acceptors (Lipinski definition) is 3. The van der Waals surface area contributed by atoms with Crippen LogP contribution >= 0.6 is 0 Å². The van der Waals surface area contributed by atoms with Crippen molar-refractivity contribution in [3.8, 4) is 0 Å². The normalized spacial score (nSPS) is 11.6. The summed E-state index contributed by atoms with van der Waals surface area (Å²) in [6.07, 6.45) is 14.8. The van der Waals surface area contributed by atoms with E-state index in [2.05, 4.69) is 55.4 Å². The molecule has 4 heteroatoms. The first-order valence-corrected chi connectivity index (χ1v) is 17.4. The predicted molar refractivity (Wildman–Crippen MR) is 141 cm³/mol. The van der Waals surface area contributed by atoms with Gasteiger partial charge in [-0.25, -0.2) is 0 Å². The molecule has 0 bridgehead atoms. The second-order valence-corrected chi connectivity index (χ2v) is 15.8. The summed E-state index contributed by atoms with van der Waals surface area (Å²) in [5.74, 6) is -0.721. The van der Waals surface area contributed by atoms with Crippen molar-refractivity contribution in [2.24, 2.45) is 10.8 Å². The Balaban J connectivity index is 0. The molecule has 0 N–H and O–H groups in total. The standard InChI is InChI=1S/C20H38O3.2C4H9.Sn/c1-19(2,3)15-11-7-9-13-17(21)23-18(22)14-10-8-12-16-20(4,5)6;2*1-3-4-2;/h7-16H2,1-6H3;2*1,3-4H2,2H3;. The van der Waals surface area contributed by atoms with Gasteiger partial charge in [0.15, 0.2) is 0 Å². The van der Waals surface area contributed by atoms with Gasteiger partial charge in [-0.05, 0) is 36.5 Å². The summed E-state index contributed by atoms with van der Waals surface area (Å²) >= 11 is 0.149. The van der Waals surface area contributed by atoms with Crippen LogP contribution in [0.3, 0.4) is 0 Å². The first kappa shape index (κ1) is 34.1. The molecule has 0 amide bonds. The molecule has 190 valence electrons. The fourth-order valence-corrected chi connectivity index (χ4v) is 7.32. The van der Waals surface area contributed by atoms with Crippen molar-refractivity contribution in [1.29, 1.82) is 0 Å². The van der Waals surface area contributed by atoms with Crippen molar-refractivity contribution >= 4 is 33.1 Å².